The Kier molecular flexibility index (Phi) is 7.38. The van der Waals surface area contributed by atoms with E-state index in [1.807, 2.05) is 4.90 Å². The predicted molar refractivity (Wildman–Crippen MR) is 108 cm³/mol. The van der Waals surface area contributed by atoms with Crippen LogP contribution < -0.4 is 4.74 Å². The van der Waals surface area contributed by atoms with E-state index in [-0.39, 0.29) is 5.92 Å². The molecule has 1 saturated heterocycles. The van der Waals surface area contributed by atoms with Crippen LogP contribution in [0.1, 0.15) is 62.8 Å². The van der Waals surface area contributed by atoms with Gasteiger partial charge in [-0.3, -0.25) is 4.79 Å². The quantitative estimate of drug-likeness (QED) is 0.632. The SMILES string of the molecule is CCC(CC)C(=O)N1CCc2sc(OCCCN3CCCCC3)cc2C1. The topological polar surface area (TPSA) is 32.8 Å². The maximum absolute atomic E-state index is 12.6. The van der Waals surface area contributed by atoms with Crippen molar-refractivity contribution in [3.8, 4) is 5.06 Å². The summed E-state index contributed by atoms with van der Waals surface area (Å²) >= 11 is 1.78. The largest absolute Gasteiger partial charge is 0.484 e. The van der Waals surface area contributed by atoms with Gasteiger partial charge in [0.05, 0.1) is 6.61 Å². The van der Waals surface area contributed by atoms with E-state index in [9.17, 15) is 4.79 Å². The Labute approximate surface area is 162 Å². The lowest BCUT2D eigenvalue weighted by Crippen LogP contribution is -2.39. The lowest BCUT2D eigenvalue weighted by atomic mass is 10.00. The summed E-state index contributed by atoms with van der Waals surface area (Å²) in [7, 11) is 0. The maximum Gasteiger partial charge on any atom is 0.225 e. The van der Waals surface area contributed by atoms with Gasteiger partial charge in [-0.05, 0) is 63.2 Å². The van der Waals surface area contributed by atoms with Gasteiger partial charge in [0.1, 0.15) is 0 Å². The average molecular weight is 379 g/mol. The fourth-order valence-electron chi connectivity index (χ4n) is 4.11. The lowest BCUT2D eigenvalue weighted by molar-refractivity contribution is -0.136. The second-order valence-corrected chi connectivity index (χ2v) is 8.74. The summed E-state index contributed by atoms with van der Waals surface area (Å²) in [5, 5.41) is 1.03. The summed E-state index contributed by atoms with van der Waals surface area (Å²) < 4.78 is 6.02. The molecule has 0 spiro atoms. The zero-order chi connectivity index (χ0) is 18.4. The third-order valence-electron chi connectivity index (χ3n) is 5.80. The second-order valence-electron chi connectivity index (χ2n) is 7.64. The molecule has 0 aromatic carbocycles. The molecule has 1 aromatic rings. The minimum atomic E-state index is 0.181. The molecule has 0 N–H and O–H groups in total. The fraction of sp³-hybridized carbons (Fsp3) is 0.762. The predicted octanol–water partition coefficient (Wildman–Crippen LogP) is 4.32. The van der Waals surface area contributed by atoms with E-state index < -0.39 is 0 Å². The summed E-state index contributed by atoms with van der Waals surface area (Å²) in [4.78, 5) is 18.7. The number of fused-ring (bicyclic) bond motifs is 1. The minimum absolute atomic E-state index is 0.181. The standard InChI is InChI=1S/C21H34N2O2S/c1-3-17(4-2)21(24)23-13-9-19-18(16-23)15-20(26-19)25-14-8-12-22-10-6-5-7-11-22/h15,17H,3-14,16H2,1-2H3. The van der Waals surface area contributed by atoms with E-state index in [0.717, 1.165) is 57.0 Å². The van der Waals surface area contributed by atoms with Crippen LogP contribution in [-0.2, 0) is 17.8 Å². The molecule has 0 bridgehead atoms. The van der Waals surface area contributed by atoms with Crippen molar-refractivity contribution in [2.45, 2.75) is 65.3 Å². The molecule has 5 heteroatoms. The molecule has 0 atom stereocenters. The molecular weight excluding hydrogens is 344 g/mol. The van der Waals surface area contributed by atoms with Gasteiger partial charge < -0.3 is 14.5 Å². The van der Waals surface area contributed by atoms with Crippen LogP contribution in [0.2, 0.25) is 0 Å². The third-order valence-corrected chi connectivity index (χ3v) is 6.95. The highest BCUT2D eigenvalue weighted by molar-refractivity contribution is 7.14. The highest BCUT2D eigenvalue weighted by atomic mass is 32.1. The van der Waals surface area contributed by atoms with Crippen molar-refractivity contribution >= 4 is 17.2 Å². The molecule has 26 heavy (non-hydrogen) atoms. The number of carbonyl (C=O) groups is 1. The van der Waals surface area contributed by atoms with Crippen LogP contribution in [0.4, 0.5) is 0 Å². The number of hydrogen-bond acceptors (Lipinski definition) is 4. The van der Waals surface area contributed by atoms with E-state index >= 15 is 0 Å². The number of thiophene rings is 1. The van der Waals surface area contributed by atoms with Gasteiger partial charge in [0.25, 0.3) is 0 Å². The number of carbonyl (C=O) groups excluding carboxylic acids is 1. The second kappa shape index (κ2) is 9.75. The third kappa shape index (κ3) is 5.01. The number of likely N-dealkylation sites (tertiary alicyclic amines) is 1. The molecule has 4 nitrogen and oxygen atoms in total. The van der Waals surface area contributed by atoms with Crippen LogP contribution in [0, 0.1) is 5.92 Å². The van der Waals surface area contributed by atoms with E-state index in [4.69, 9.17) is 4.74 Å². The van der Waals surface area contributed by atoms with Gasteiger partial charge in [-0.15, -0.1) is 11.3 Å². The van der Waals surface area contributed by atoms with Crippen molar-refractivity contribution < 1.29 is 9.53 Å². The van der Waals surface area contributed by atoms with E-state index in [1.165, 1.54) is 42.8 Å². The van der Waals surface area contributed by atoms with Gasteiger partial charge in [0, 0.05) is 30.4 Å². The molecule has 1 aromatic heterocycles. The Morgan fingerprint density at radius 2 is 1.96 bits per heavy atom. The van der Waals surface area contributed by atoms with Crippen LogP contribution in [0.3, 0.4) is 0 Å². The van der Waals surface area contributed by atoms with Gasteiger partial charge in [0.15, 0.2) is 5.06 Å². The minimum Gasteiger partial charge on any atom is -0.484 e. The smallest absolute Gasteiger partial charge is 0.225 e. The zero-order valence-electron chi connectivity index (χ0n) is 16.5. The van der Waals surface area contributed by atoms with E-state index in [0.29, 0.717) is 5.91 Å². The van der Waals surface area contributed by atoms with Crippen LogP contribution in [0.5, 0.6) is 5.06 Å². The number of amides is 1. The molecular formula is C21H34N2O2S. The molecule has 0 unspecified atom stereocenters. The highest BCUT2D eigenvalue weighted by Gasteiger charge is 2.26. The summed E-state index contributed by atoms with van der Waals surface area (Å²) in [6.45, 7) is 10.3. The van der Waals surface area contributed by atoms with Crippen LogP contribution in [0.15, 0.2) is 6.07 Å². The number of rotatable bonds is 8. The molecule has 2 aliphatic rings. The van der Waals surface area contributed by atoms with Crippen molar-refractivity contribution in [3.63, 3.8) is 0 Å². The summed E-state index contributed by atoms with van der Waals surface area (Å²) in [6, 6.07) is 2.17. The molecule has 0 radical (unpaired) electrons. The van der Waals surface area contributed by atoms with Gasteiger partial charge in [0.2, 0.25) is 5.91 Å². The average Bonchev–Trinajstić information content (AvgIpc) is 3.09. The summed E-state index contributed by atoms with van der Waals surface area (Å²) in [5.74, 6) is 0.511. The maximum atomic E-state index is 12.6. The van der Waals surface area contributed by atoms with Crippen molar-refractivity contribution in [2.24, 2.45) is 5.92 Å². The summed E-state index contributed by atoms with van der Waals surface area (Å²) in [6.07, 6.45) is 8.05. The first-order valence-corrected chi connectivity index (χ1v) is 11.3. The van der Waals surface area contributed by atoms with Crippen molar-refractivity contribution in [1.29, 1.82) is 0 Å². The summed E-state index contributed by atoms with van der Waals surface area (Å²) in [5.41, 5.74) is 1.30. The Morgan fingerprint density at radius 1 is 1.19 bits per heavy atom. The number of hydrogen-bond donors (Lipinski definition) is 0. The Hall–Kier alpha value is -1.07. The molecule has 3 heterocycles. The molecule has 3 rings (SSSR count). The van der Waals surface area contributed by atoms with E-state index in [2.05, 4.69) is 24.8 Å². The number of piperidine rings is 1. The van der Waals surface area contributed by atoms with Crippen LogP contribution >= 0.6 is 11.3 Å². The molecule has 1 fully saturated rings. The number of ether oxygens (including phenoxy) is 1. The molecule has 0 saturated carbocycles. The normalized spacial score (nSPS) is 18.2. The number of nitrogens with zero attached hydrogens (tertiary/aromatic N) is 2. The van der Waals surface area contributed by atoms with Crippen molar-refractivity contribution in [3.05, 3.63) is 16.5 Å². The van der Waals surface area contributed by atoms with Gasteiger partial charge >= 0.3 is 0 Å². The first-order chi connectivity index (χ1) is 12.7. The van der Waals surface area contributed by atoms with Gasteiger partial charge in [-0.1, -0.05) is 20.3 Å². The Balaban J connectivity index is 1.45. The van der Waals surface area contributed by atoms with Gasteiger partial charge in [-0.25, -0.2) is 0 Å². The zero-order valence-corrected chi connectivity index (χ0v) is 17.3. The molecule has 2 aliphatic heterocycles. The van der Waals surface area contributed by atoms with Crippen LogP contribution in [0.25, 0.3) is 0 Å². The fourth-order valence-corrected chi connectivity index (χ4v) is 5.14. The Morgan fingerprint density at radius 3 is 2.69 bits per heavy atom. The van der Waals surface area contributed by atoms with Gasteiger partial charge in [-0.2, -0.15) is 0 Å². The lowest BCUT2D eigenvalue weighted by Gasteiger charge is -2.29. The highest BCUT2D eigenvalue weighted by Crippen LogP contribution is 2.34. The molecule has 0 aliphatic carbocycles. The molecule has 1 amide bonds. The van der Waals surface area contributed by atoms with E-state index in [1.54, 1.807) is 11.3 Å². The van der Waals surface area contributed by atoms with Crippen LogP contribution in [-0.4, -0.2) is 48.5 Å². The van der Waals surface area contributed by atoms with Crippen molar-refractivity contribution in [1.82, 2.24) is 9.80 Å². The Bertz CT molecular complexity index is 577. The monoisotopic (exact) mass is 378 g/mol. The van der Waals surface area contributed by atoms with Crippen molar-refractivity contribution in [2.75, 3.05) is 32.8 Å². The molecule has 146 valence electrons. The first kappa shape index (κ1) is 19.7. The first-order valence-electron chi connectivity index (χ1n) is 10.5.